The minimum absolute atomic E-state index is 0.227. The van der Waals surface area contributed by atoms with Crippen LogP contribution in [-0.2, 0) is 10.0 Å². The summed E-state index contributed by atoms with van der Waals surface area (Å²) >= 11 is 0. The first-order valence-corrected chi connectivity index (χ1v) is 10.4. The summed E-state index contributed by atoms with van der Waals surface area (Å²) < 4.78 is 27.6. The summed E-state index contributed by atoms with van der Waals surface area (Å²) in [7, 11) is -3.62. The number of rotatable bonds is 5. The zero-order valence-corrected chi connectivity index (χ0v) is 15.6. The molecule has 0 saturated carbocycles. The van der Waals surface area contributed by atoms with Gasteiger partial charge < -0.3 is 4.90 Å². The number of sulfonamides is 1. The van der Waals surface area contributed by atoms with Gasteiger partial charge in [-0.05, 0) is 49.2 Å². The van der Waals surface area contributed by atoms with Gasteiger partial charge in [0.1, 0.15) is 0 Å². The second-order valence-corrected chi connectivity index (χ2v) is 8.15. The summed E-state index contributed by atoms with van der Waals surface area (Å²) in [5.41, 5.74) is 2.00. The van der Waals surface area contributed by atoms with E-state index in [1.807, 2.05) is 18.2 Å². The van der Waals surface area contributed by atoms with Gasteiger partial charge in [0.2, 0.25) is 0 Å². The van der Waals surface area contributed by atoms with Crippen LogP contribution >= 0.6 is 0 Å². The lowest BCUT2D eigenvalue weighted by Gasteiger charge is -2.15. The van der Waals surface area contributed by atoms with Crippen LogP contribution in [0.5, 0.6) is 0 Å². The highest BCUT2D eigenvalue weighted by molar-refractivity contribution is 7.92. The molecule has 0 spiro atoms. The van der Waals surface area contributed by atoms with E-state index >= 15 is 0 Å². The molecule has 0 radical (unpaired) electrons. The minimum Gasteiger partial charge on any atom is -0.355 e. The van der Waals surface area contributed by atoms with E-state index in [0.29, 0.717) is 11.4 Å². The third-order valence-corrected chi connectivity index (χ3v) is 5.94. The predicted octanol–water partition coefficient (Wildman–Crippen LogP) is 3.54. The number of anilines is 2. The highest BCUT2D eigenvalue weighted by atomic mass is 32.2. The van der Waals surface area contributed by atoms with Crippen LogP contribution in [0, 0.1) is 0 Å². The number of nitrogens with zero attached hydrogens (tertiary/aromatic N) is 3. The molecule has 138 valence electrons. The lowest BCUT2D eigenvalue weighted by Crippen LogP contribution is -2.19. The van der Waals surface area contributed by atoms with E-state index in [4.69, 9.17) is 0 Å². The molecule has 2 heterocycles. The highest BCUT2D eigenvalue weighted by Gasteiger charge is 2.15. The molecule has 27 heavy (non-hydrogen) atoms. The van der Waals surface area contributed by atoms with Gasteiger partial charge in [-0.1, -0.05) is 30.3 Å². The summed E-state index contributed by atoms with van der Waals surface area (Å²) in [6, 6.07) is 19.4. The average Bonchev–Trinajstić information content (AvgIpc) is 3.24. The molecule has 2 aromatic carbocycles. The number of nitrogens with one attached hydrogen (secondary N) is 1. The van der Waals surface area contributed by atoms with Crippen molar-refractivity contribution in [3.05, 3.63) is 66.7 Å². The smallest absolute Gasteiger partial charge is 0.261 e. The van der Waals surface area contributed by atoms with E-state index in [2.05, 4.69) is 19.8 Å². The van der Waals surface area contributed by atoms with Gasteiger partial charge in [-0.3, -0.25) is 4.72 Å². The maximum Gasteiger partial charge on any atom is 0.261 e. The number of benzene rings is 2. The number of hydrogen-bond donors (Lipinski definition) is 1. The lowest BCUT2D eigenvalue weighted by molar-refractivity contribution is 0.601. The van der Waals surface area contributed by atoms with Crippen LogP contribution in [0.2, 0.25) is 0 Å². The molecular formula is C20H20N4O2S. The molecule has 1 N–H and O–H groups in total. The van der Waals surface area contributed by atoms with Crippen LogP contribution in [0.1, 0.15) is 12.8 Å². The van der Waals surface area contributed by atoms with Gasteiger partial charge in [0.25, 0.3) is 10.0 Å². The fourth-order valence-corrected chi connectivity index (χ4v) is 4.22. The topological polar surface area (TPSA) is 75.2 Å². The SMILES string of the molecule is O=S(=O)(Nc1cccc(-c2ccc(N3CCCC3)nn2)c1)c1ccccc1. The van der Waals surface area contributed by atoms with Crippen LogP contribution < -0.4 is 9.62 Å². The van der Waals surface area contributed by atoms with E-state index in [9.17, 15) is 8.42 Å². The van der Waals surface area contributed by atoms with Crippen molar-refractivity contribution in [2.24, 2.45) is 0 Å². The Balaban J connectivity index is 1.55. The van der Waals surface area contributed by atoms with Crippen LogP contribution in [0.25, 0.3) is 11.3 Å². The quantitative estimate of drug-likeness (QED) is 0.733. The molecule has 0 aliphatic carbocycles. The van der Waals surface area contributed by atoms with Crippen molar-refractivity contribution >= 4 is 21.5 Å². The van der Waals surface area contributed by atoms with Gasteiger partial charge in [0.05, 0.1) is 10.6 Å². The van der Waals surface area contributed by atoms with Crippen molar-refractivity contribution in [2.75, 3.05) is 22.7 Å². The third kappa shape index (κ3) is 3.93. The van der Waals surface area contributed by atoms with Gasteiger partial charge in [-0.2, -0.15) is 0 Å². The summed E-state index contributed by atoms with van der Waals surface area (Å²) in [6.07, 6.45) is 2.38. The summed E-state index contributed by atoms with van der Waals surface area (Å²) in [4.78, 5) is 2.45. The Morgan fingerprint density at radius 2 is 1.63 bits per heavy atom. The zero-order chi connectivity index (χ0) is 18.7. The molecule has 3 aromatic rings. The van der Waals surface area contributed by atoms with Gasteiger partial charge >= 0.3 is 0 Å². The molecule has 0 unspecified atom stereocenters. The number of hydrogen-bond acceptors (Lipinski definition) is 5. The fraction of sp³-hybridized carbons (Fsp3) is 0.200. The second-order valence-electron chi connectivity index (χ2n) is 6.47. The van der Waals surface area contributed by atoms with E-state index < -0.39 is 10.0 Å². The monoisotopic (exact) mass is 380 g/mol. The highest BCUT2D eigenvalue weighted by Crippen LogP contribution is 2.24. The minimum atomic E-state index is -3.62. The molecule has 0 amide bonds. The van der Waals surface area contributed by atoms with E-state index in [1.54, 1.807) is 48.5 Å². The summed E-state index contributed by atoms with van der Waals surface area (Å²) in [6.45, 7) is 2.04. The first-order chi connectivity index (χ1) is 13.1. The Kier molecular flexibility index (Phi) is 4.77. The predicted molar refractivity (Wildman–Crippen MR) is 106 cm³/mol. The third-order valence-electron chi connectivity index (χ3n) is 4.54. The molecule has 1 saturated heterocycles. The van der Waals surface area contributed by atoms with Crippen LogP contribution in [0.4, 0.5) is 11.5 Å². The molecule has 4 rings (SSSR count). The maximum absolute atomic E-state index is 12.5. The zero-order valence-electron chi connectivity index (χ0n) is 14.7. The molecular weight excluding hydrogens is 360 g/mol. The molecule has 1 aliphatic heterocycles. The van der Waals surface area contributed by atoms with Crippen LogP contribution in [0.3, 0.4) is 0 Å². The largest absolute Gasteiger partial charge is 0.355 e. The Bertz CT molecular complexity index is 1020. The van der Waals surface area contributed by atoms with Gasteiger partial charge in [0, 0.05) is 24.3 Å². The fourth-order valence-electron chi connectivity index (χ4n) is 3.15. The van der Waals surface area contributed by atoms with Crippen molar-refractivity contribution in [3.8, 4) is 11.3 Å². The average molecular weight is 380 g/mol. The summed E-state index contributed by atoms with van der Waals surface area (Å²) in [5.74, 6) is 0.886. The number of aromatic nitrogens is 2. The first kappa shape index (κ1) is 17.5. The van der Waals surface area contributed by atoms with Crippen molar-refractivity contribution in [1.29, 1.82) is 0 Å². The van der Waals surface area contributed by atoms with E-state index in [1.165, 1.54) is 12.8 Å². The molecule has 1 aliphatic rings. The Morgan fingerprint density at radius 3 is 2.33 bits per heavy atom. The molecule has 1 fully saturated rings. The molecule has 7 heteroatoms. The van der Waals surface area contributed by atoms with Crippen molar-refractivity contribution in [2.45, 2.75) is 17.7 Å². The van der Waals surface area contributed by atoms with Gasteiger partial charge in [-0.25, -0.2) is 8.42 Å². The van der Waals surface area contributed by atoms with Crippen LogP contribution in [0.15, 0.2) is 71.6 Å². The van der Waals surface area contributed by atoms with E-state index in [-0.39, 0.29) is 4.90 Å². The lowest BCUT2D eigenvalue weighted by atomic mass is 10.1. The molecule has 0 atom stereocenters. The van der Waals surface area contributed by atoms with Gasteiger partial charge in [-0.15, -0.1) is 10.2 Å². The summed E-state index contributed by atoms with van der Waals surface area (Å²) in [5, 5.41) is 8.65. The standard InChI is InChI=1S/C20H20N4O2S/c25-27(26,18-9-2-1-3-10-18)23-17-8-6-7-16(15-17)19-11-12-20(22-21-19)24-13-4-5-14-24/h1-3,6-12,15,23H,4-5,13-14H2. The van der Waals surface area contributed by atoms with Crippen molar-refractivity contribution in [1.82, 2.24) is 10.2 Å². The maximum atomic E-state index is 12.5. The molecule has 6 nitrogen and oxygen atoms in total. The normalized spacial score (nSPS) is 14.3. The Labute approximate surface area is 158 Å². The van der Waals surface area contributed by atoms with Crippen LogP contribution in [-0.4, -0.2) is 31.7 Å². The van der Waals surface area contributed by atoms with Crippen molar-refractivity contribution in [3.63, 3.8) is 0 Å². The van der Waals surface area contributed by atoms with E-state index in [0.717, 1.165) is 24.5 Å². The second kappa shape index (κ2) is 7.36. The Morgan fingerprint density at radius 1 is 0.852 bits per heavy atom. The van der Waals surface area contributed by atoms with Crippen molar-refractivity contribution < 1.29 is 8.42 Å². The van der Waals surface area contributed by atoms with Gasteiger partial charge in [0.15, 0.2) is 5.82 Å². The Hall–Kier alpha value is -2.93. The molecule has 1 aromatic heterocycles. The first-order valence-electron chi connectivity index (χ1n) is 8.89. The molecule has 0 bridgehead atoms.